The molecule has 1 unspecified atom stereocenters. The van der Waals surface area contributed by atoms with Gasteiger partial charge in [-0.1, -0.05) is 56.5 Å². The number of ether oxygens (including phenoxy) is 1. The SMILES string of the molecule is CCC(C(=O)NC1CCCCC1)N(CCc1ccccc1)C(=O)CN(c1ccc(F)cc1)S(=O)(=O)c1ccc(OC)cc1. The van der Waals surface area contributed by atoms with E-state index in [2.05, 4.69) is 5.32 Å². The zero-order valence-electron chi connectivity index (χ0n) is 24.7. The van der Waals surface area contributed by atoms with Crippen LogP contribution in [0.2, 0.25) is 0 Å². The maximum absolute atomic E-state index is 14.1. The van der Waals surface area contributed by atoms with Gasteiger partial charge < -0.3 is 15.0 Å². The lowest BCUT2D eigenvalue weighted by Crippen LogP contribution is -2.54. The van der Waals surface area contributed by atoms with Crippen LogP contribution in [0.15, 0.2) is 83.8 Å². The van der Waals surface area contributed by atoms with E-state index in [9.17, 15) is 22.4 Å². The highest BCUT2D eigenvalue weighted by atomic mass is 32.2. The number of anilines is 1. The third-order valence-electron chi connectivity index (χ3n) is 7.86. The van der Waals surface area contributed by atoms with E-state index in [4.69, 9.17) is 4.74 Å². The molecule has 1 saturated carbocycles. The highest BCUT2D eigenvalue weighted by Crippen LogP contribution is 2.26. The molecule has 0 aliphatic heterocycles. The summed E-state index contributed by atoms with van der Waals surface area (Å²) in [6, 6.07) is 19.7. The van der Waals surface area contributed by atoms with E-state index >= 15 is 0 Å². The van der Waals surface area contributed by atoms with Gasteiger partial charge in [0, 0.05) is 12.6 Å². The standard InChI is InChI=1S/C33H40FN3O5S/c1-3-31(33(39)35-27-12-8-5-9-13-27)36(23-22-25-10-6-4-7-11-25)32(38)24-37(28-16-14-26(34)15-17-28)43(40,41)30-20-18-29(42-2)19-21-30/h4,6-7,10-11,14-21,27,31H,3,5,8-9,12-13,22-24H2,1-2H3,(H,35,39). The minimum absolute atomic E-state index is 0.0525. The molecule has 1 N–H and O–H groups in total. The first-order valence-electron chi connectivity index (χ1n) is 14.8. The summed E-state index contributed by atoms with van der Waals surface area (Å²) in [6.07, 6.45) is 5.90. The number of methoxy groups -OCH3 is 1. The van der Waals surface area contributed by atoms with Gasteiger partial charge in [-0.15, -0.1) is 0 Å². The third kappa shape index (κ3) is 8.34. The van der Waals surface area contributed by atoms with Gasteiger partial charge in [-0.2, -0.15) is 0 Å². The normalized spacial score (nSPS) is 14.5. The fourth-order valence-corrected chi connectivity index (χ4v) is 6.87. The fourth-order valence-electron chi connectivity index (χ4n) is 5.45. The van der Waals surface area contributed by atoms with Crippen LogP contribution in [0.1, 0.15) is 51.0 Å². The van der Waals surface area contributed by atoms with Crippen molar-refractivity contribution in [2.24, 2.45) is 0 Å². The quantitative estimate of drug-likeness (QED) is 0.283. The molecule has 1 atom stereocenters. The molecule has 230 valence electrons. The maximum atomic E-state index is 14.1. The Kier molecular flexibility index (Phi) is 11.2. The van der Waals surface area contributed by atoms with Crippen LogP contribution in [0.25, 0.3) is 0 Å². The number of carbonyl (C=O) groups excluding carboxylic acids is 2. The lowest BCUT2D eigenvalue weighted by molar-refractivity contribution is -0.140. The number of halogens is 1. The topological polar surface area (TPSA) is 96.0 Å². The molecule has 0 aromatic heterocycles. The van der Waals surface area contributed by atoms with Gasteiger partial charge in [-0.05, 0) is 79.8 Å². The van der Waals surface area contributed by atoms with E-state index in [1.807, 2.05) is 37.3 Å². The Balaban J connectivity index is 1.66. The van der Waals surface area contributed by atoms with E-state index < -0.39 is 34.3 Å². The second-order valence-electron chi connectivity index (χ2n) is 10.8. The van der Waals surface area contributed by atoms with Crippen molar-refractivity contribution in [2.75, 3.05) is 24.5 Å². The second kappa shape index (κ2) is 15.0. The molecule has 1 fully saturated rings. The number of nitrogens with zero attached hydrogens (tertiary/aromatic N) is 2. The Morgan fingerprint density at radius 2 is 1.60 bits per heavy atom. The average Bonchev–Trinajstić information content (AvgIpc) is 3.03. The van der Waals surface area contributed by atoms with Gasteiger partial charge in [0.15, 0.2) is 0 Å². The highest BCUT2D eigenvalue weighted by molar-refractivity contribution is 7.92. The lowest BCUT2D eigenvalue weighted by Gasteiger charge is -2.34. The molecule has 3 aromatic carbocycles. The van der Waals surface area contributed by atoms with Gasteiger partial charge in [-0.3, -0.25) is 13.9 Å². The molecule has 1 aliphatic rings. The summed E-state index contributed by atoms with van der Waals surface area (Å²) >= 11 is 0. The largest absolute Gasteiger partial charge is 0.497 e. The number of nitrogens with one attached hydrogen (secondary N) is 1. The van der Waals surface area contributed by atoms with Crippen molar-refractivity contribution in [2.45, 2.75) is 68.8 Å². The van der Waals surface area contributed by atoms with Gasteiger partial charge in [0.25, 0.3) is 10.0 Å². The Morgan fingerprint density at radius 1 is 0.953 bits per heavy atom. The van der Waals surface area contributed by atoms with E-state index in [0.29, 0.717) is 18.6 Å². The average molecular weight is 610 g/mol. The van der Waals surface area contributed by atoms with Crippen LogP contribution < -0.4 is 14.4 Å². The molecule has 0 spiro atoms. The minimum Gasteiger partial charge on any atom is -0.497 e. The number of amides is 2. The van der Waals surface area contributed by atoms with Crippen molar-refractivity contribution >= 4 is 27.5 Å². The summed E-state index contributed by atoms with van der Waals surface area (Å²) in [5, 5.41) is 3.14. The molecule has 0 bridgehead atoms. The van der Waals surface area contributed by atoms with Crippen molar-refractivity contribution < 1.29 is 27.1 Å². The number of sulfonamides is 1. The number of hydrogen-bond acceptors (Lipinski definition) is 5. The molecule has 2 amide bonds. The predicted molar refractivity (Wildman–Crippen MR) is 165 cm³/mol. The van der Waals surface area contributed by atoms with Gasteiger partial charge in [0.05, 0.1) is 17.7 Å². The minimum atomic E-state index is -4.26. The summed E-state index contributed by atoms with van der Waals surface area (Å²) < 4.78 is 47.8. The molecule has 0 saturated heterocycles. The van der Waals surface area contributed by atoms with Crippen molar-refractivity contribution in [3.05, 3.63) is 90.2 Å². The smallest absolute Gasteiger partial charge is 0.264 e. The van der Waals surface area contributed by atoms with Crippen LogP contribution in [0.3, 0.4) is 0 Å². The number of carbonyl (C=O) groups is 2. The van der Waals surface area contributed by atoms with Crippen LogP contribution in [0.5, 0.6) is 5.75 Å². The van der Waals surface area contributed by atoms with E-state index in [-0.39, 0.29) is 29.1 Å². The zero-order chi connectivity index (χ0) is 30.8. The molecule has 4 rings (SSSR count). The van der Waals surface area contributed by atoms with Crippen LogP contribution in [0.4, 0.5) is 10.1 Å². The van der Waals surface area contributed by atoms with Crippen LogP contribution in [0, 0.1) is 5.82 Å². The number of hydrogen-bond donors (Lipinski definition) is 1. The van der Waals surface area contributed by atoms with Gasteiger partial charge in [0.2, 0.25) is 11.8 Å². The van der Waals surface area contributed by atoms with E-state index in [0.717, 1.165) is 54.1 Å². The van der Waals surface area contributed by atoms with Crippen molar-refractivity contribution in [1.82, 2.24) is 10.2 Å². The van der Waals surface area contributed by atoms with Crippen molar-refractivity contribution in [3.8, 4) is 5.75 Å². The molecule has 43 heavy (non-hydrogen) atoms. The summed E-state index contributed by atoms with van der Waals surface area (Å²) in [5.74, 6) is -0.817. The predicted octanol–water partition coefficient (Wildman–Crippen LogP) is 5.33. The number of rotatable bonds is 13. The van der Waals surface area contributed by atoms with Crippen molar-refractivity contribution in [1.29, 1.82) is 0 Å². The Labute approximate surface area is 253 Å². The van der Waals surface area contributed by atoms with Crippen LogP contribution in [-0.4, -0.2) is 57.4 Å². The first-order chi connectivity index (χ1) is 20.7. The Morgan fingerprint density at radius 3 is 2.21 bits per heavy atom. The summed E-state index contributed by atoms with van der Waals surface area (Å²) in [7, 11) is -2.78. The van der Waals surface area contributed by atoms with Crippen LogP contribution in [-0.2, 0) is 26.0 Å². The molecular formula is C33H40FN3O5S. The third-order valence-corrected chi connectivity index (χ3v) is 9.65. The molecule has 10 heteroatoms. The monoisotopic (exact) mass is 609 g/mol. The molecule has 1 aliphatic carbocycles. The maximum Gasteiger partial charge on any atom is 0.264 e. The second-order valence-corrected chi connectivity index (χ2v) is 12.6. The fraction of sp³-hybridized carbons (Fsp3) is 0.394. The summed E-state index contributed by atoms with van der Waals surface area (Å²) in [5.41, 5.74) is 1.12. The van der Waals surface area contributed by atoms with E-state index in [1.165, 1.54) is 48.4 Å². The molecular weight excluding hydrogens is 569 g/mol. The highest BCUT2D eigenvalue weighted by Gasteiger charge is 2.34. The van der Waals surface area contributed by atoms with Crippen molar-refractivity contribution in [3.63, 3.8) is 0 Å². The summed E-state index contributed by atoms with van der Waals surface area (Å²) in [4.78, 5) is 29.2. The van der Waals surface area contributed by atoms with Gasteiger partial charge >= 0.3 is 0 Å². The van der Waals surface area contributed by atoms with Gasteiger partial charge in [-0.25, -0.2) is 12.8 Å². The zero-order valence-corrected chi connectivity index (χ0v) is 25.6. The molecule has 8 nitrogen and oxygen atoms in total. The number of benzene rings is 3. The Hall–Kier alpha value is -3.92. The van der Waals surface area contributed by atoms with Crippen LogP contribution >= 0.6 is 0 Å². The first kappa shape index (κ1) is 32.0. The van der Waals surface area contributed by atoms with E-state index in [1.54, 1.807) is 0 Å². The molecule has 0 radical (unpaired) electrons. The first-order valence-corrected chi connectivity index (χ1v) is 16.2. The molecule has 3 aromatic rings. The molecule has 0 heterocycles. The summed E-state index contributed by atoms with van der Waals surface area (Å²) in [6.45, 7) is 1.50. The lowest BCUT2D eigenvalue weighted by atomic mass is 9.95. The van der Waals surface area contributed by atoms with Gasteiger partial charge in [0.1, 0.15) is 24.2 Å². The Bertz CT molecular complexity index is 1440.